The van der Waals surface area contributed by atoms with Crippen LogP contribution in [0.15, 0.2) is 21.7 Å². The van der Waals surface area contributed by atoms with Gasteiger partial charge in [0.15, 0.2) is 5.76 Å². The highest BCUT2D eigenvalue weighted by Crippen LogP contribution is 2.13. The Balaban J connectivity index is 1.73. The van der Waals surface area contributed by atoms with E-state index < -0.39 is 4.92 Å². The molecule has 1 amide bonds. The normalized spacial score (nSPS) is 17.0. The van der Waals surface area contributed by atoms with Gasteiger partial charge in [-0.3, -0.25) is 19.8 Å². The first-order valence-corrected chi connectivity index (χ1v) is 7.09. The van der Waals surface area contributed by atoms with E-state index in [1.807, 2.05) is 0 Å². The van der Waals surface area contributed by atoms with Crippen molar-refractivity contribution in [3.8, 4) is 0 Å². The van der Waals surface area contributed by atoms with Gasteiger partial charge in [0.05, 0.1) is 18.8 Å². The van der Waals surface area contributed by atoms with Gasteiger partial charge in [-0.05, 0) is 12.6 Å². The fourth-order valence-corrected chi connectivity index (χ4v) is 2.18. The third kappa shape index (κ3) is 4.64. The van der Waals surface area contributed by atoms with E-state index in [9.17, 15) is 14.9 Å². The molecular formula is C13H19N5O4. The number of hydrazone groups is 1. The minimum atomic E-state index is -0.633. The Morgan fingerprint density at radius 3 is 2.68 bits per heavy atom. The molecular weight excluding hydrogens is 290 g/mol. The molecule has 1 aliphatic heterocycles. The maximum atomic E-state index is 11.7. The molecule has 9 nitrogen and oxygen atoms in total. The molecule has 0 radical (unpaired) electrons. The molecule has 0 saturated carbocycles. The van der Waals surface area contributed by atoms with Crippen LogP contribution in [0, 0.1) is 10.1 Å². The van der Waals surface area contributed by atoms with E-state index in [0.29, 0.717) is 0 Å². The summed E-state index contributed by atoms with van der Waals surface area (Å²) in [7, 11) is 0. The fraction of sp³-hybridized carbons (Fsp3) is 0.538. The number of piperazine rings is 1. The maximum Gasteiger partial charge on any atom is 0.433 e. The van der Waals surface area contributed by atoms with Crippen LogP contribution in [-0.4, -0.2) is 66.1 Å². The molecule has 0 unspecified atom stereocenters. The molecule has 9 heteroatoms. The zero-order valence-corrected chi connectivity index (χ0v) is 12.4. The molecule has 1 aromatic heterocycles. The Kier molecular flexibility index (Phi) is 5.61. The predicted molar refractivity (Wildman–Crippen MR) is 79.7 cm³/mol. The molecule has 1 saturated heterocycles. The molecule has 2 heterocycles. The summed E-state index contributed by atoms with van der Waals surface area (Å²) in [5.74, 6) is -0.368. The number of nitrogens with zero attached hydrogens (tertiary/aromatic N) is 4. The lowest BCUT2D eigenvalue weighted by Crippen LogP contribution is -2.48. The van der Waals surface area contributed by atoms with Gasteiger partial charge in [0, 0.05) is 26.2 Å². The number of hydrogen-bond donors (Lipinski definition) is 1. The monoisotopic (exact) mass is 309 g/mol. The molecule has 0 spiro atoms. The number of carbonyl (C=O) groups excluding carboxylic acids is 1. The number of rotatable bonds is 6. The van der Waals surface area contributed by atoms with Gasteiger partial charge in [0.1, 0.15) is 4.92 Å². The Bertz CT molecular complexity index is 548. The molecule has 0 bridgehead atoms. The van der Waals surface area contributed by atoms with Crippen LogP contribution in [-0.2, 0) is 4.79 Å². The van der Waals surface area contributed by atoms with Crippen LogP contribution < -0.4 is 5.43 Å². The highest BCUT2D eigenvalue weighted by atomic mass is 16.6. The molecule has 1 N–H and O–H groups in total. The second-order valence-electron chi connectivity index (χ2n) is 4.94. The van der Waals surface area contributed by atoms with E-state index in [4.69, 9.17) is 4.42 Å². The van der Waals surface area contributed by atoms with Gasteiger partial charge in [-0.2, -0.15) is 5.10 Å². The summed E-state index contributed by atoms with van der Waals surface area (Å²) in [5.41, 5.74) is 2.39. The van der Waals surface area contributed by atoms with Crippen LogP contribution in [0.4, 0.5) is 5.88 Å². The lowest BCUT2D eigenvalue weighted by atomic mass is 10.3. The fourth-order valence-electron chi connectivity index (χ4n) is 2.18. The summed E-state index contributed by atoms with van der Waals surface area (Å²) in [5, 5.41) is 14.2. The van der Waals surface area contributed by atoms with E-state index in [1.54, 1.807) is 0 Å². The van der Waals surface area contributed by atoms with Crippen LogP contribution in [0.5, 0.6) is 0 Å². The average molecular weight is 309 g/mol. The van der Waals surface area contributed by atoms with Crippen molar-refractivity contribution in [3.63, 3.8) is 0 Å². The SMILES string of the molecule is CCN1CCN(CC(=O)N/N=C\c2ccc([N+](=O)[O-])o2)CC1. The highest BCUT2D eigenvalue weighted by molar-refractivity contribution is 5.81. The van der Waals surface area contributed by atoms with Crippen molar-refractivity contribution < 1.29 is 14.1 Å². The van der Waals surface area contributed by atoms with Crippen molar-refractivity contribution in [3.05, 3.63) is 28.0 Å². The Hall–Kier alpha value is -2.26. The van der Waals surface area contributed by atoms with Gasteiger partial charge < -0.3 is 9.32 Å². The van der Waals surface area contributed by atoms with Gasteiger partial charge in [-0.25, -0.2) is 5.43 Å². The summed E-state index contributed by atoms with van der Waals surface area (Å²) in [4.78, 5) is 26.0. The third-order valence-electron chi connectivity index (χ3n) is 3.45. The largest absolute Gasteiger partial charge is 0.433 e. The molecule has 1 fully saturated rings. The molecule has 22 heavy (non-hydrogen) atoms. The maximum absolute atomic E-state index is 11.7. The number of amides is 1. The standard InChI is InChI=1S/C13H19N5O4/c1-2-16-5-7-17(8-6-16)10-12(19)15-14-9-11-3-4-13(22-11)18(20)21/h3-4,9H,2,5-8,10H2,1H3,(H,15,19)/b14-9-. The van der Waals surface area contributed by atoms with Crippen molar-refractivity contribution in [2.45, 2.75) is 6.92 Å². The molecule has 2 rings (SSSR count). The van der Waals surface area contributed by atoms with Gasteiger partial charge in [0.25, 0.3) is 5.91 Å². The van der Waals surface area contributed by atoms with E-state index in [0.717, 1.165) is 32.7 Å². The third-order valence-corrected chi connectivity index (χ3v) is 3.45. The summed E-state index contributed by atoms with van der Waals surface area (Å²) in [6, 6.07) is 2.65. The lowest BCUT2D eigenvalue weighted by molar-refractivity contribution is -0.402. The smallest absolute Gasteiger partial charge is 0.400 e. The number of hydrogen-bond acceptors (Lipinski definition) is 7. The molecule has 0 atom stereocenters. The van der Waals surface area contributed by atoms with E-state index in [-0.39, 0.29) is 24.1 Å². The quantitative estimate of drug-likeness (QED) is 0.459. The highest BCUT2D eigenvalue weighted by Gasteiger charge is 2.17. The van der Waals surface area contributed by atoms with Gasteiger partial charge in [-0.1, -0.05) is 6.92 Å². The first-order chi connectivity index (χ1) is 10.6. The van der Waals surface area contributed by atoms with E-state index in [1.165, 1.54) is 18.3 Å². The van der Waals surface area contributed by atoms with Crippen LogP contribution in [0.25, 0.3) is 0 Å². The predicted octanol–water partition coefficient (Wildman–Crippen LogP) is 0.275. The Labute approximate surface area is 127 Å². The van der Waals surface area contributed by atoms with Gasteiger partial charge in [0.2, 0.25) is 0 Å². The summed E-state index contributed by atoms with van der Waals surface area (Å²) in [6.07, 6.45) is 1.24. The van der Waals surface area contributed by atoms with Crippen LogP contribution in [0.3, 0.4) is 0 Å². The molecule has 1 aliphatic rings. The van der Waals surface area contributed by atoms with Crippen molar-refractivity contribution in [2.75, 3.05) is 39.3 Å². The lowest BCUT2D eigenvalue weighted by Gasteiger charge is -2.33. The number of nitro groups is 1. The van der Waals surface area contributed by atoms with E-state index >= 15 is 0 Å². The number of furan rings is 1. The number of carbonyl (C=O) groups is 1. The number of nitrogens with one attached hydrogen (secondary N) is 1. The van der Waals surface area contributed by atoms with Crippen molar-refractivity contribution in [1.29, 1.82) is 0 Å². The number of likely N-dealkylation sites (N-methyl/N-ethyl adjacent to an activating group) is 1. The van der Waals surface area contributed by atoms with Crippen LogP contribution >= 0.6 is 0 Å². The van der Waals surface area contributed by atoms with Gasteiger partial charge >= 0.3 is 5.88 Å². The average Bonchev–Trinajstić information content (AvgIpc) is 2.97. The molecule has 0 aromatic carbocycles. The van der Waals surface area contributed by atoms with Crippen LogP contribution in [0.2, 0.25) is 0 Å². The molecule has 0 aliphatic carbocycles. The minimum absolute atomic E-state index is 0.212. The molecule has 1 aromatic rings. The van der Waals surface area contributed by atoms with Crippen molar-refractivity contribution in [1.82, 2.24) is 15.2 Å². The topological polar surface area (TPSA) is 104 Å². The molecule has 120 valence electrons. The zero-order valence-electron chi connectivity index (χ0n) is 12.4. The minimum Gasteiger partial charge on any atom is -0.400 e. The second kappa shape index (κ2) is 7.66. The zero-order chi connectivity index (χ0) is 15.9. The first-order valence-electron chi connectivity index (χ1n) is 7.09. The summed E-state index contributed by atoms with van der Waals surface area (Å²) in [6.45, 7) is 7.07. The summed E-state index contributed by atoms with van der Waals surface area (Å²) >= 11 is 0. The van der Waals surface area contributed by atoms with Gasteiger partial charge in [-0.15, -0.1) is 0 Å². The summed E-state index contributed by atoms with van der Waals surface area (Å²) < 4.78 is 4.89. The van der Waals surface area contributed by atoms with Crippen LogP contribution in [0.1, 0.15) is 12.7 Å². The van der Waals surface area contributed by atoms with Crippen molar-refractivity contribution in [2.24, 2.45) is 5.10 Å². The van der Waals surface area contributed by atoms with Crippen molar-refractivity contribution >= 4 is 18.0 Å². The van der Waals surface area contributed by atoms with E-state index in [2.05, 4.69) is 27.3 Å². The first kappa shape index (κ1) is 16.1. The second-order valence-corrected chi connectivity index (χ2v) is 4.94. The Morgan fingerprint density at radius 1 is 1.41 bits per heavy atom. The Morgan fingerprint density at radius 2 is 2.09 bits per heavy atom.